The SMILES string of the molecule is Cc1ccc(NC(=O)c2sc3ncn(C(C)C(=O)c4ccc5c(c4)N(C)C(=O)CO5)c(=O)c3c2C)c(C)c1. The Balaban J connectivity index is 1.46. The van der Waals surface area contributed by atoms with Crippen molar-refractivity contribution in [1.82, 2.24) is 9.55 Å². The lowest BCUT2D eigenvalue weighted by Gasteiger charge is -2.26. The van der Waals surface area contributed by atoms with E-state index >= 15 is 0 Å². The van der Waals surface area contributed by atoms with Crippen LogP contribution in [0.5, 0.6) is 5.75 Å². The summed E-state index contributed by atoms with van der Waals surface area (Å²) in [6.07, 6.45) is 1.34. The van der Waals surface area contributed by atoms with Gasteiger partial charge in [0.2, 0.25) is 0 Å². The van der Waals surface area contributed by atoms with Gasteiger partial charge in [-0.25, -0.2) is 4.98 Å². The van der Waals surface area contributed by atoms with Crippen molar-refractivity contribution in [2.24, 2.45) is 0 Å². The minimum Gasteiger partial charge on any atom is -0.482 e. The van der Waals surface area contributed by atoms with E-state index in [1.54, 1.807) is 39.1 Å². The van der Waals surface area contributed by atoms with Crippen LogP contribution in [0.2, 0.25) is 0 Å². The zero-order valence-electron chi connectivity index (χ0n) is 21.6. The highest BCUT2D eigenvalue weighted by Gasteiger charge is 2.27. The maximum absolute atomic E-state index is 13.5. The number of thiophene rings is 1. The van der Waals surface area contributed by atoms with Gasteiger partial charge in [-0.15, -0.1) is 11.3 Å². The van der Waals surface area contributed by atoms with Crippen molar-refractivity contribution in [1.29, 1.82) is 0 Å². The van der Waals surface area contributed by atoms with E-state index in [0.717, 1.165) is 22.5 Å². The lowest BCUT2D eigenvalue weighted by atomic mass is 10.0. The Labute approximate surface area is 222 Å². The molecule has 0 saturated heterocycles. The van der Waals surface area contributed by atoms with Gasteiger partial charge in [-0.05, 0) is 63.1 Å². The molecule has 2 amide bonds. The molecule has 1 aliphatic rings. The van der Waals surface area contributed by atoms with Gasteiger partial charge in [-0.1, -0.05) is 17.7 Å². The number of ether oxygens (including phenoxy) is 1. The van der Waals surface area contributed by atoms with Gasteiger partial charge in [0.25, 0.3) is 17.4 Å². The second-order valence-corrected chi connectivity index (χ2v) is 10.4. The van der Waals surface area contributed by atoms with Gasteiger partial charge in [0.1, 0.15) is 10.6 Å². The van der Waals surface area contributed by atoms with Crippen molar-refractivity contribution in [3.63, 3.8) is 0 Å². The summed E-state index contributed by atoms with van der Waals surface area (Å²) in [7, 11) is 1.62. The van der Waals surface area contributed by atoms with Gasteiger partial charge < -0.3 is 15.0 Å². The van der Waals surface area contributed by atoms with Crippen LogP contribution in [0.25, 0.3) is 10.2 Å². The highest BCUT2D eigenvalue weighted by molar-refractivity contribution is 7.20. The highest BCUT2D eigenvalue weighted by Crippen LogP contribution is 2.33. The summed E-state index contributed by atoms with van der Waals surface area (Å²) < 4.78 is 6.72. The minimum atomic E-state index is -0.866. The summed E-state index contributed by atoms with van der Waals surface area (Å²) in [5, 5.41) is 3.24. The van der Waals surface area contributed by atoms with Gasteiger partial charge >= 0.3 is 0 Å². The van der Waals surface area contributed by atoms with Crippen LogP contribution in [0.3, 0.4) is 0 Å². The first-order valence-electron chi connectivity index (χ1n) is 12.0. The fraction of sp³-hybridized carbons (Fsp3) is 0.250. The van der Waals surface area contributed by atoms with Crippen molar-refractivity contribution in [2.45, 2.75) is 33.7 Å². The Morgan fingerprint density at radius 3 is 2.61 bits per heavy atom. The number of carbonyl (C=O) groups is 3. The minimum absolute atomic E-state index is 0.0566. The van der Waals surface area contributed by atoms with E-state index in [4.69, 9.17) is 4.74 Å². The normalized spacial score (nSPS) is 13.7. The van der Waals surface area contributed by atoms with E-state index in [-0.39, 0.29) is 24.2 Å². The Hall–Kier alpha value is -4.31. The number of rotatable bonds is 5. The number of anilines is 2. The second kappa shape index (κ2) is 9.53. The first kappa shape index (κ1) is 25.3. The Kier molecular flexibility index (Phi) is 6.36. The number of amides is 2. The second-order valence-electron chi connectivity index (χ2n) is 9.43. The third-order valence-corrected chi connectivity index (χ3v) is 8.04. The Bertz CT molecular complexity index is 1700. The zero-order chi connectivity index (χ0) is 27.3. The molecule has 0 fully saturated rings. The lowest BCUT2D eigenvalue weighted by Crippen LogP contribution is -2.35. The van der Waals surface area contributed by atoms with Crippen LogP contribution in [0.15, 0.2) is 47.5 Å². The van der Waals surface area contributed by atoms with E-state index in [2.05, 4.69) is 10.3 Å². The van der Waals surface area contributed by atoms with E-state index in [1.807, 2.05) is 32.0 Å². The summed E-state index contributed by atoms with van der Waals surface area (Å²) >= 11 is 1.14. The fourth-order valence-electron chi connectivity index (χ4n) is 4.56. The molecule has 38 heavy (non-hydrogen) atoms. The monoisotopic (exact) mass is 530 g/mol. The van der Waals surface area contributed by atoms with E-state index in [0.29, 0.717) is 43.3 Å². The first-order chi connectivity index (χ1) is 18.1. The predicted octanol–water partition coefficient (Wildman–Crippen LogP) is 4.43. The number of nitrogens with one attached hydrogen (secondary N) is 1. The van der Waals surface area contributed by atoms with Crippen molar-refractivity contribution in [3.8, 4) is 5.75 Å². The molecule has 1 aliphatic heterocycles. The molecule has 3 heterocycles. The third-order valence-electron chi connectivity index (χ3n) is 6.84. The molecule has 4 aromatic rings. The summed E-state index contributed by atoms with van der Waals surface area (Å²) in [6, 6.07) is 9.74. The number of hydrogen-bond acceptors (Lipinski definition) is 7. The summed E-state index contributed by atoms with van der Waals surface area (Å²) in [5.74, 6) is -0.339. The van der Waals surface area contributed by atoms with Crippen LogP contribution in [0, 0.1) is 20.8 Å². The number of carbonyl (C=O) groups excluding carboxylic acids is 3. The molecule has 9 nitrogen and oxygen atoms in total. The highest BCUT2D eigenvalue weighted by atomic mass is 32.1. The molecule has 5 rings (SSSR count). The van der Waals surface area contributed by atoms with Gasteiger partial charge in [0, 0.05) is 18.3 Å². The van der Waals surface area contributed by atoms with Crippen LogP contribution < -0.4 is 20.5 Å². The molecule has 0 bridgehead atoms. The number of benzene rings is 2. The average molecular weight is 531 g/mol. The van der Waals surface area contributed by atoms with Gasteiger partial charge in [-0.3, -0.25) is 23.7 Å². The van der Waals surface area contributed by atoms with Crippen LogP contribution in [0.4, 0.5) is 11.4 Å². The molecule has 194 valence electrons. The number of likely N-dealkylation sites (N-methyl/N-ethyl adjacent to an activating group) is 1. The van der Waals surface area contributed by atoms with Crippen molar-refractivity contribution in [3.05, 3.63) is 80.2 Å². The van der Waals surface area contributed by atoms with E-state index < -0.39 is 11.6 Å². The fourth-order valence-corrected chi connectivity index (χ4v) is 5.59. The molecule has 2 aromatic carbocycles. The number of aryl methyl sites for hydroxylation is 3. The number of Topliss-reactive ketones (excluding diaryl/α,β-unsaturated/α-hetero) is 1. The van der Waals surface area contributed by atoms with Gasteiger partial charge in [-0.2, -0.15) is 0 Å². The molecule has 1 N–H and O–H groups in total. The molecule has 0 saturated carbocycles. The molecule has 10 heteroatoms. The molecular weight excluding hydrogens is 504 g/mol. The Morgan fingerprint density at radius 2 is 1.87 bits per heavy atom. The maximum Gasteiger partial charge on any atom is 0.266 e. The number of fused-ring (bicyclic) bond motifs is 2. The van der Waals surface area contributed by atoms with Crippen molar-refractivity contribution >= 4 is 50.5 Å². The predicted molar refractivity (Wildman–Crippen MR) is 147 cm³/mol. The van der Waals surface area contributed by atoms with Crippen LogP contribution >= 0.6 is 11.3 Å². The molecule has 1 unspecified atom stereocenters. The van der Waals surface area contributed by atoms with E-state index in [1.165, 1.54) is 15.8 Å². The molecule has 2 aromatic heterocycles. The topological polar surface area (TPSA) is 111 Å². The third kappa shape index (κ3) is 4.26. The molecule has 0 radical (unpaired) electrons. The summed E-state index contributed by atoms with van der Waals surface area (Å²) in [6.45, 7) is 7.18. The number of hydrogen-bond donors (Lipinski definition) is 1. The zero-order valence-corrected chi connectivity index (χ0v) is 22.4. The average Bonchev–Trinajstić information content (AvgIpc) is 3.24. The quantitative estimate of drug-likeness (QED) is 0.382. The number of nitrogens with zero attached hydrogens (tertiary/aromatic N) is 3. The van der Waals surface area contributed by atoms with E-state index in [9.17, 15) is 19.2 Å². The standard InChI is InChI=1S/C28H26N4O5S/c1-14-6-8-19(15(2)10-14)30-26(35)25-16(3)23-27(38-25)29-13-32(28(23)36)17(4)24(34)18-7-9-21-20(11-18)31(5)22(33)12-37-21/h6-11,13,17H,12H2,1-5H3,(H,30,35). The van der Waals surface area contributed by atoms with Crippen molar-refractivity contribution in [2.75, 3.05) is 23.9 Å². The van der Waals surface area contributed by atoms with Crippen LogP contribution in [-0.2, 0) is 4.79 Å². The summed E-state index contributed by atoms with van der Waals surface area (Å²) in [5.41, 5.74) is 3.68. The lowest BCUT2D eigenvalue weighted by molar-refractivity contribution is -0.121. The maximum atomic E-state index is 13.5. The largest absolute Gasteiger partial charge is 0.482 e. The smallest absolute Gasteiger partial charge is 0.266 e. The van der Waals surface area contributed by atoms with Crippen LogP contribution in [0.1, 0.15) is 49.7 Å². The number of aromatic nitrogens is 2. The number of ketones is 1. The van der Waals surface area contributed by atoms with Gasteiger partial charge in [0.15, 0.2) is 12.4 Å². The molecular formula is C28H26N4O5S. The molecule has 1 atom stereocenters. The summed E-state index contributed by atoms with van der Waals surface area (Å²) in [4.78, 5) is 58.7. The molecule has 0 spiro atoms. The van der Waals surface area contributed by atoms with Gasteiger partial charge in [0.05, 0.1) is 28.3 Å². The molecule has 0 aliphatic carbocycles. The van der Waals surface area contributed by atoms with Crippen LogP contribution in [-0.4, -0.2) is 40.8 Å². The Morgan fingerprint density at radius 1 is 1.11 bits per heavy atom. The van der Waals surface area contributed by atoms with Crippen molar-refractivity contribution < 1.29 is 19.1 Å². The first-order valence-corrected chi connectivity index (χ1v) is 12.8.